The number of nitrogens with zero attached hydrogens (tertiary/aromatic N) is 3. The van der Waals surface area contributed by atoms with Gasteiger partial charge in [0.1, 0.15) is 0 Å². The van der Waals surface area contributed by atoms with E-state index in [9.17, 15) is 0 Å². The summed E-state index contributed by atoms with van der Waals surface area (Å²) in [5.41, 5.74) is 2.46. The van der Waals surface area contributed by atoms with E-state index in [1.165, 1.54) is 5.56 Å². The zero-order chi connectivity index (χ0) is 18.3. The molecule has 1 heterocycles. The van der Waals surface area contributed by atoms with E-state index in [4.69, 9.17) is 11.6 Å². The van der Waals surface area contributed by atoms with Gasteiger partial charge in [0, 0.05) is 37.3 Å². The second-order valence-electron chi connectivity index (χ2n) is 6.22. The molecule has 2 aromatic rings. The van der Waals surface area contributed by atoms with E-state index in [1.54, 1.807) is 13.2 Å². The highest BCUT2D eigenvalue weighted by atomic mass is 127. The Morgan fingerprint density at radius 2 is 1.81 bits per heavy atom. The Labute approximate surface area is 178 Å². The predicted octanol–water partition coefficient (Wildman–Crippen LogP) is 4.11. The molecule has 5 nitrogen and oxygen atoms in total. The summed E-state index contributed by atoms with van der Waals surface area (Å²) in [6, 6.07) is 10.2. The molecule has 0 fully saturated rings. The van der Waals surface area contributed by atoms with Crippen LogP contribution in [0.4, 0.5) is 0 Å². The summed E-state index contributed by atoms with van der Waals surface area (Å²) in [6.45, 7) is 5.95. The third kappa shape index (κ3) is 5.61. The number of nitrogens with one attached hydrogen (secondary N) is 2. The van der Waals surface area contributed by atoms with Crippen LogP contribution in [0.3, 0.4) is 0 Å². The third-order valence-electron chi connectivity index (χ3n) is 4.99. The third-order valence-corrected chi connectivity index (χ3v) is 5.24. The molecule has 0 bridgehead atoms. The molecule has 0 aliphatic carbocycles. The summed E-state index contributed by atoms with van der Waals surface area (Å²) in [5.74, 6) is 0.793. The minimum absolute atomic E-state index is 0. The molecule has 0 aliphatic heterocycles. The number of aryl methyl sites for hydroxylation is 1. The highest BCUT2D eigenvalue weighted by Gasteiger charge is 2.28. The van der Waals surface area contributed by atoms with E-state index in [0.717, 1.165) is 36.1 Å². The smallest absolute Gasteiger partial charge is 0.191 e. The fourth-order valence-electron chi connectivity index (χ4n) is 3.04. The number of guanidine groups is 1. The first-order valence-electron chi connectivity index (χ1n) is 8.72. The predicted molar refractivity (Wildman–Crippen MR) is 121 cm³/mol. The summed E-state index contributed by atoms with van der Waals surface area (Å²) < 4.78 is 1.86. The lowest BCUT2D eigenvalue weighted by molar-refractivity contribution is 0.389. The van der Waals surface area contributed by atoms with E-state index in [2.05, 4.69) is 46.7 Å². The number of aliphatic imine (C=N–C) groups is 1. The molecule has 0 unspecified atom stereocenters. The molecular weight excluding hydrogens is 461 g/mol. The van der Waals surface area contributed by atoms with Gasteiger partial charge in [-0.25, -0.2) is 0 Å². The van der Waals surface area contributed by atoms with Crippen LogP contribution in [0.25, 0.3) is 0 Å². The van der Waals surface area contributed by atoms with E-state index in [1.807, 2.05) is 29.9 Å². The van der Waals surface area contributed by atoms with Crippen molar-refractivity contribution in [2.24, 2.45) is 12.0 Å². The number of halogens is 2. The van der Waals surface area contributed by atoms with E-state index in [0.29, 0.717) is 6.54 Å². The maximum atomic E-state index is 6.05. The van der Waals surface area contributed by atoms with Crippen molar-refractivity contribution in [1.29, 1.82) is 0 Å². The van der Waals surface area contributed by atoms with Crippen molar-refractivity contribution in [3.8, 4) is 0 Å². The van der Waals surface area contributed by atoms with Gasteiger partial charge in [-0.2, -0.15) is 5.10 Å². The molecule has 0 amide bonds. The number of hydrogen-bond acceptors (Lipinski definition) is 2. The highest BCUT2D eigenvalue weighted by molar-refractivity contribution is 14.0. The van der Waals surface area contributed by atoms with Gasteiger partial charge in [-0.3, -0.25) is 9.67 Å². The largest absolute Gasteiger partial charge is 0.356 e. The van der Waals surface area contributed by atoms with Crippen LogP contribution in [0.5, 0.6) is 0 Å². The number of rotatable bonds is 7. The summed E-state index contributed by atoms with van der Waals surface area (Å²) in [6.07, 6.45) is 3.88. The number of benzene rings is 1. The van der Waals surface area contributed by atoms with Crippen LogP contribution >= 0.6 is 35.6 Å². The van der Waals surface area contributed by atoms with Gasteiger partial charge in [-0.05, 0) is 36.6 Å². The maximum Gasteiger partial charge on any atom is 0.191 e. The molecule has 0 atom stereocenters. The lowest BCUT2D eigenvalue weighted by Gasteiger charge is -2.33. The monoisotopic (exact) mass is 489 g/mol. The molecule has 2 rings (SSSR count). The zero-order valence-electron chi connectivity index (χ0n) is 15.9. The van der Waals surface area contributed by atoms with Crippen LogP contribution in [0.1, 0.15) is 37.9 Å². The second kappa shape index (κ2) is 10.8. The van der Waals surface area contributed by atoms with Crippen LogP contribution in [0, 0.1) is 0 Å². The second-order valence-corrected chi connectivity index (χ2v) is 6.66. The van der Waals surface area contributed by atoms with Gasteiger partial charge in [-0.15, -0.1) is 24.0 Å². The van der Waals surface area contributed by atoms with Gasteiger partial charge in [0.05, 0.1) is 12.2 Å². The molecule has 0 saturated carbocycles. The molecule has 1 aromatic carbocycles. The SMILES string of the molecule is CCC(CC)(CNC(=NC)NCc1ccnn1C)c1ccc(Cl)cc1.I. The maximum absolute atomic E-state index is 6.05. The summed E-state index contributed by atoms with van der Waals surface area (Å²) >= 11 is 6.05. The quantitative estimate of drug-likeness (QED) is 0.350. The van der Waals surface area contributed by atoms with Gasteiger partial charge >= 0.3 is 0 Å². The Morgan fingerprint density at radius 3 is 2.31 bits per heavy atom. The van der Waals surface area contributed by atoms with Crippen LogP contribution in [-0.4, -0.2) is 29.3 Å². The fraction of sp³-hybridized carbons (Fsp3) is 0.474. The Morgan fingerprint density at radius 1 is 1.15 bits per heavy atom. The van der Waals surface area contributed by atoms with E-state index < -0.39 is 0 Å². The van der Waals surface area contributed by atoms with E-state index in [-0.39, 0.29) is 29.4 Å². The van der Waals surface area contributed by atoms with Crippen molar-refractivity contribution >= 4 is 41.5 Å². The van der Waals surface area contributed by atoms with Crippen LogP contribution < -0.4 is 10.6 Å². The average Bonchev–Trinajstić information content (AvgIpc) is 3.05. The summed E-state index contributed by atoms with van der Waals surface area (Å²) in [7, 11) is 3.73. The first-order valence-corrected chi connectivity index (χ1v) is 9.10. The molecule has 26 heavy (non-hydrogen) atoms. The van der Waals surface area contributed by atoms with Crippen LogP contribution in [0.2, 0.25) is 5.02 Å². The Balaban J connectivity index is 0.00000338. The van der Waals surface area contributed by atoms with Gasteiger partial charge < -0.3 is 10.6 Å². The molecule has 0 radical (unpaired) electrons. The first kappa shape index (κ1) is 22.8. The molecular formula is C19H29ClIN5. The van der Waals surface area contributed by atoms with Crippen molar-refractivity contribution in [3.63, 3.8) is 0 Å². The van der Waals surface area contributed by atoms with Crippen LogP contribution in [-0.2, 0) is 19.0 Å². The number of aromatic nitrogens is 2. The van der Waals surface area contributed by atoms with Gasteiger partial charge in [0.15, 0.2) is 5.96 Å². The molecule has 0 saturated heterocycles. The molecule has 7 heteroatoms. The van der Waals surface area contributed by atoms with Gasteiger partial charge in [-0.1, -0.05) is 37.6 Å². The first-order chi connectivity index (χ1) is 12.0. The molecule has 0 aliphatic rings. The summed E-state index contributed by atoms with van der Waals surface area (Å²) in [4.78, 5) is 4.34. The van der Waals surface area contributed by atoms with Crippen molar-refractivity contribution in [1.82, 2.24) is 20.4 Å². The van der Waals surface area contributed by atoms with Crippen molar-refractivity contribution in [3.05, 3.63) is 52.8 Å². The lowest BCUT2D eigenvalue weighted by Crippen LogP contribution is -2.45. The molecule has 0 spiro atoms. The Hall–Kier alpha value is -1.28. The van der Waals surface area contributed by atoms with E-state index >= 15 is 0 Å². The zero-order valence-corrected chi connectivity index (χ0v) is 19.0. The lowest BCUT2D eigenvalue weighted by atomic mass is 9.76. The number of hydrogen-bond donors (Lipinski definition) is 2. The fourth-order valence-corrected chi connectivity index (χ4v) is 3.16. The van der Waals surface area contributed by atoms with Gasteiger partial charge in [0.2, 0.25) is 0 Å². The van der Waals surface area contributed by atoms with Crippen molar-refractivity contribution < 1.29 is 0 Å². The Bertz CT molecular complexity index is 692. The minimum atomic E-state index is 0. The Kier molecular flexibility index (Phi) is 9.43. The van der Waals surface area contributed by atoms with Crippen molar-refractivity contribution in [2.45, 2.75) is 38.6 Å². The highest BCUT2D eigenvalue weighted by Crippen LogP contribution is 2.31. The summed E-state index contributed by atoms with van der Waals surface area (Å²) in [5, 5.41) is 11.8. The molecule has 2 N–H and O–H groups in total. The minimum Gasteiger partial charge on any atom is -0.356 e. The van der Waals surface area contributed by atoms with Crippen LogP contribution in [0.15, 0.2) is 41.5 Å². The normalized spacial score (nSPS) is 11.8. The topological polar surface area (TPSA) is 54.2 Å². The standard InChI is InChI=1S/C19H28ClN5.HI/c1-5-19(6-2,15-7-9-16(20)10-8-15)14-23-18(21-3)22-13-17-11-12-24-25(17)4;/h7-12H,5-6,13-14H2,1-4H3,(H2,21,22,23);1H. The van der Waals surface area contributed by atoms with Crippen molar-refractivity contribution in [2.75, 3.05) is 13.6 Å². The molecule has 144 valence electrons. The average molecular weight is 490 g/mol. The van der Waals surface area contributed by atoms with Gasteiger partial charge in [0.25, 0.3) is 0 Å². The molecule has 1 aromatic heterocycles.